The maximum absolute atomic E-state index is 9.49. The number of nitrogens with one attached hydrogen (secondary N) is 2. The zero-order valence-corrected chi connectivity index (χ0v) is 11.6. The van der Waals surface area contributed by atoms with Crippen LogP contribution in [0.1, 0.15) is 51.9 Å². The van der Waals surface area contributed by atoms with Crippen molar-refractivity contribution in [1.29, 1.82) is 0 Å². The summed E-state index contributed by atoms with van der Waals surface area (Å²) in [5.41, 5.74) is 0. The molecule has 0 aromatic carbocycles. The van der Waals surface area contributed by atoms with Gasteiger partial charge >= 0.3 is 0 Å². The van der Waals surface area contributed by atoms with E-state index in [1.54, 1.807) is 0 Å². The molecule has 3 N–H and O–H groups in total. The molecule has 0 spiro atoms. The first-order chi connectivity index (χ1) is 8.31. The van der Waals surface area contributed by atoms with Gasteiger partial charge < -0.3 is 5.11 Å². The van der Waals surface area contributed by atoms with E-state index in [1.807, 2.05) is 0 Å². The number of thioether (sulfide) groups is 1. The van der Waals surface area contributed by atoms with Gasteiger partial charge in [-0.2, -0.15) is 11.8 Å². The van der Waals surface area contributed by atoms with Gasteiger partial charge in [-0.3, -0.25) is 10.6 Å². The van der Waals surface area contributed by atoms with Gasteiger partial charge in [0.05, 0.1) is 0 Å². The number of rotatable bonds is 7. The lowest BCUT2D eigenvalue weighted by molar-refractivity contribution is 0.130. The lowest BCUT2D eigenvalue weighted by Gasteiger charge is -2.17. The van der Waals surface area contributed by atoms with Gasteiger partial charge in [0.1, 0.15) is 0 Å². The van der Waals surface area contributed by atoms with E-state index in [1.165, 1.54) is 44.9 Å². The van der Waals surface area contributed by atoms with Crippen molar-refractivity contribution in [1.82, 2.24) is 10.6 Å². The average Bonchev–Trinajstić information content (AvgIpc) is 2.83. The molecule has 0 bridgehead atoms. The summed E-state index contributed by atoms with van der Waals surface area (Å²) in [6, 6.07) is 0.978. The van der Waals surface area contributed by atoms with Gasteiger partial charge in [-0.1, -0.05) is 45.4 Å². The van der Waals surface area contributed by atoms with Crippen molar-refractivity contribution in [2.45, 2.75) is 75.6 Å². The summed E-state index contributed by atoms with van der Waals surface area (Å²) in [7, 11) is 0. The van der Waals surface area contributed by atoms with E-state index < -0.39 is 6.35 Å². The van der Waals surface area contributed by atoms with E-state index in [4.69, 9.17) is 0 Å². The Morgan fingerprint density at radius 2 is 1.88 bits per heavy atom. The van der Waals surface area contributed by atoms with Crippen LogP contribution >= 0.6 is 11.8 Å². The van der Waals surface area contributed by atoms with Crippen LogP contribution in [0.4, 0.5) is 0 Å². The molecular weight excluding hydrogens is 232 g/mol. The van der Waals surface area contributed by atoms with Gasteiger partial charge in [-0.25, -0.2) is 0 Å². The van der Waals surface area contributed by atoms with E-state index in [0.717, 1.165) is 5.75 Å². The summed E-state index contributed by atoms with van der Waals surface area (Å²) in [6.45, 7) is 2.26. The van der Waals surface area contributed by atoms with Crippen molar-refractivity contribution in [3.05, 3.63) is 0 Å². The molecule has 2 fully saturated rings. The van der Waals surface area contributed by atoms with Crippen LogP contribution in [0.15, 0.2) is 0 Å². The standard InChI is InChI=1S/C13H26N2OS/c1-2-3-4-5-6-7-8-11-12-10(9-17-11)14-13(16)15-12/h10-16H,2-9H2,1H3/t10-,11-,12?,13?/m0/s1. The topological polar surface area (TPSA) is 44.3 Å². The molecule has 0 radical (unpaired) electrons. The Bertz CT molecular complexity index is 227. The maximum atomic E-state index is 9.49. The van der Waals surface area contributed by atoms with Crippen LogP contribution in [0.2, 0.25) is 0 Å². The van der Waals surface area contributed by atoms with Crippen molar-refractivity contribution in [3.8, 4) is 0 Å². The molecule has 4 heteroatoms. The number of aliphatic hydroxyl groups is 1. The van der Waals surface area contributed by atoms with Crippen LogP contribution in [-0.4, -0.2) is 34.5 Å². The second-order valence-corrected chi connectivity index (χ2v) is 6.57. The molecule has 0 aromatic rings. The monoisotopic (exact) mass is 258 g/mol. The Balaban J connectivity index is 1.57. The average molecular weight is 258 g/mol. The van der Waals surface area contributed by atoms with Gasteiger partial charge in [-0.05, 0) is 6.42 Å². The van der Waals surface area contributed by atoms with E-state index in [9.17, 15) is 5.11 Å². The summed E-state index contributed by atoms with van der Waals surface area (Å²) >= 11 is 2.07. The van der Waals surface area contributed by atoms with E-state index in [-0.39, 0.29) is 0 Å². The second kappa shape index (κ2) is 6.98. The predicted molar refractivity (Wildman–Crippen MR) is 74.1 cm³/mol. The highest BCUT2D eigenvalue weighted by atomic mass is 32.2. The molecule has 3 nitrogen and oxygen atoms in total. The number of fused-ring (bicyclic) bond motifs is 1. The van der Waals surface area contributed by atoms with Gasteiger partial charge in [-0.15, -0.1) is 0 Å². The van der Waals surface area contributed by atoms with E-state index in [0.29, 0.717) is 17.3 Å². The minimum Gasteiger partial charge on any atom is -0.365 e. The summed E-state index contributed by atoms with van der Waals surface area (Å²) in [5, 5.41) is 16.6. The second-order valence-electron chi connectivity index (χ2n) is 5.30. The Morgan fingerprint density at radius 3 is 2.71 bits per heavy atom. The first-order valence-corrected chi connectivity index (χ1v) is 8.18. The number of unbranched alkanes of at least 4 members (excludes halogenated alkanes) is 5. The van der Waals surface area contributed by atoms with Gasteiger partial charge in [0.25, 0.3) is 0 Å². The molecule has 17 heavy (non-hydrogen) atoms. The van der Waals surface area contributed by atoms with Crippen LogP contribution in [0, 0.1) is 0 Å². The Kier molecular flexibility index (Phi) is 5.60. The third kappa shape index (κ3) is 3.85. The third-order valence-electron chi connectivity index (χ3n) is 3.89. The minimum absolute atomic E-state index is 0.474. The Hall–Kier alpha value is 0.230. The minimum atomic E-state index is -0.474. The van der Waals surface area contributed by atoms with Gasteiger partial charge in [0.2, 0.25) is 0 Å². The molecule has 4 atom stereocenters. The molecule has 2 saturated heterocycles. The molecule has 2 heterocycles. The molecule has 0 aliphatic carbocycles. The molecular formula is C13H26N2OS. The van der Waals surface area contributed by atoms with Crippen LogP contribution in [0.5, 0.6) is 0 Å². The number of hydrogen-bond acceptors (Lipinski definition) is 4. The number of aliphatic hydroxyl groups excluding tert-OH is 1. The van der Waals surface area contributed by atoms with Crippen molar-refractivity contribution in [3.63, 3.8) is 0 Å². The van der Waals surface area contributed by atoms with E-state index >= 15 is 0 Å². The smallest absolute Gasteiger partial charge is 0.161 e. The SMILES string of the molecule is CCCCCCCC[C@@H]1SC[C@@H]2NC(O)NC21. The molecule has 0 saturated carbocycles. The highest BCUT2D eigenvalue weighted by Crippen LogP contribution is 2.33. The molecule has 2 aliphatic heterocycles. The van der Waals surface area contributed by atoms with Crippen molar-refractivity contribution >= 4 is 11.8 Å². The fourth-order valence-corrected chi connectivity index (χ4v) is 4.46. The van der Waals surface area contributed by atoms with Crippen LogP contribution in [-0.2, 0) is 0 Å². The van der Waals surface area contributed by atoms with E-state index in [2.05, 4.69) is 29.3 Å². The quantitative estimate of drug-likeness (QED) is 0.612. The predicted octanol–water partition coefficient (Wildman–Crippen LogP) is 2.06. The molecule has 0 aromatic heterocycles. The fraction of sp³-hybridized carbons (Fsp3) is 1.00. The fourth-order valence-electron chi connectivity index (χ4n) is 2.89. The van der Waals surface area contributed by atoms with Crippen LogP contribution in [0.3, 0.4) is 0 Å². The van der Waals surface area contributed by atoms with Crippen LogP contribution < -0.4 is 10.6 Å². The first kappa shape index (κ1) is 13.7. The maximum Gasteiger partial charge on any atom is 0.161 e. The molecule has 100 valence electrons. The van der Waals surface area contributed by atoms with Gasteiger partial charge in [0, 0.05) is 23.1 Å². The highest BCUT2D eigenvalue weighted by Gasteiger charge is 2.42. The van der Waals surface area contributed by atoms with Gasteiger partial charge in [0.15, 0.2) is 6.35 Å². The highest BCUT2D eigenvalue weighted by molar-refractivity contribution is 8.00. The zero-order valence-electron chi connectivity index (χ0n) is 10.8. The largest absolute Gasteiger partial charge is 0.365 e. The van der Waals surface area contributed by atoms with Crippen molar-refractivity contribution in [2.75, 3.05) is 5.75 Å². The Morgan fingerprint density at radius 1 is 1.12 bits per heavy atom. The molecule has 2 rings (SSSR count). The molecule has 2 unspecified atom stereocenters. The van der Waals surface area contributed by atoms with Crippen molar-refractivity contribution in [2.24, 2.45) is 0 Å². The summed E-state index contributed by atoms with van der Waals surface area (Å²) in [5.74, 6) is 1.15. The summed E-state index contributed by atoms with van der Waals surface area (Å²) in [4.78, 5) is 0. The summed E-state index contributed by atoms with van der Waals surface area (Å²) in [6.07, 6.45) is 9.08. The molecule has 2 aliphatic rings. The Labute approximate surface area is 109 Å². The van der Waals surface area contributed by atoms with Crippen LogP contribution in [0.25, 0.3) is 0 Å². The zero-order chi connectivity index (χ0) is 12.1. The lowest BCUT2D eigenvalue weighted by atomic mass is 10.0. The molecule has 0 amide bonds. The third-order valence-corrected chi connectivity index (χ3v) is 5.40. The summed E-state index contributed by atoms with van der Waals surface area (Å²) < 4.78 is 0. The number of hydrogen-bond donors (Lipinski definition) is 3. The first-order valence-electron chi connectivity index (χ1n) is 7.13. The lowest BCUT2D eigenvalue weighted by Crippen LogP contribution is -2.37. The van der Waals surface area contributed by atoms with Crippen molar-refractivity contribution < 1.29 is 5.11 Å². The normalized spacial score (nSPS) is 36.4.